The number of hydrogen-bond donors (Lipinski definition) is 1. The highest BCUT2D eigenvalue weighted by molar-refractivity contribution is 5.89. The van der Waals surface area contributed by atoms with Gasteiger partial charge < -0.3 is 15.1 Å². The smallest absolute Gasteiger partial charge is 0.321 e. The molecule has 0 atom stereocenters. The first-order chi connectivity index (χ1) is 12.0. The Labute approximate surface area is 148 Å². The van der Waals surface area contributed by atoms with Crippen LogP contribution in [0.4, 0.5) is 19.3 Å². The van der Waals surface area contributed by atoms with Crippen molar-refractivity contribution in [2.75, 3.05) is 38.0 Å². The molecule has 3 rings (SSSR count). The van der Waals surface area contributed by atoms with E-state index >= 15 is 0 Å². The number of urea groups is 1. The fraction of sp³-hybridized carbons (Fsp3) is 0.632. The molecule has 2 fully saturated rings. The molecule has 25 heavy (non-hydrogen) atoms. The van der Waals surface area contributed by atoms with Gasteiger partial charge in [0.1, 0.15) is 11.6 Å². The minimum absolute atomic E-state index is 0.0240. The molecule has 2 saturated heterocycles. The molecule has 138 valence electrons. The van der Waals surface area contributed by atoms with Crippen molar-refractivity contribution in [1.29, 1.82) is 0 Å². The van der Waals surface area contributed by atoms with Crippen LogP contribution in [-0.4, -0.2) is 48.6 Å². The summed E-state index contributed by atoms with van der Waals surface area (Å²) in [6, 6.07) is 2.87. The van der Waals surface area contributed by atoms with Gasteiger partial charge in [-0.05, 0) is 62.7 Å². The van der Waals surface area contributed by atoms with Crippen molar-refractivity contribution in [3.63, 3.8) is 0 Å². The average Bonchev–Trinajstić information content (AvgIpc) is 2.60. The fourth-order valence-corrected chi connectivity index (χ4v) is 3.71. The number of carbonyl (C=O) groups is 1. The molecule has 0 saturated carbocycles. The monoisotopic (exact) mass is 351 g/mol. The van der Waals surface area contributed by atoms with E-state index in [-0.39, 0.29) is 11.7 Å². The summed E-state index contributed by atoms with van der Waals surface area (Å²) in [5.41, 5.74) is 0.0240. The van der Waals surface area contributed by atoms with E-state index in [9.17, 15) is 13.6 Å². The van der Waals surface area contributed by atoms with Crippen molar-refractivity contribution in [3.8, 4) is 0 Å². The number of piperidine rings is 2. The van der Waals surface area contributed by atoms with Crippen LogP contribution in [0.2, 0.25) is 0 Å². The Morgan fingerprint density at radius 3 is 2.44 bits per heavy atom. The fourth-order valence-electron chi connectivity index (χ4n) is 3.71. The first kappa shape index (κ1) is 18.1. The topological polar surface area (TPSA) is 35.6 Å². The van der Waals surface area contributed by atoms with Gasteiger partial charge in [0.15, 0.2) is 0 Å². The lowest BCUT2D eigenvalue weighted by Gasteiger charge is -2.37. The number of likely N-dealkylation sites (tertiary alicyclic amines) is 2. The van der Waals surface area contributed by atoms with Crippen LogP contribution < -0.4 is 5.32 Å². The van der Waals surface area contributed by atoms with Gasteiger partial charge in [-0.3, -0.25) is 0 Å². The van der Waals surface area contributed by atoms with Gasteiger partial charge in [0.25, 0.3) is 0 Å². The molecule has 4 nitrogen and oxygen atoms in total. The lowest BCUT2D eigenvalue weighted by molar-refractivity contribution is 0.130. The van der Waals surface area contributed by atoms with E-state index in [0.717, 1.165) is 37.4 Å². The third kappa shape index (κ3) is 4.91. The number of benzene rings is 1. The second kappa shape index (κ2) is 8.13. The number of nitrogens with one attached hydrogen (secondary N) is 1. The summed E-state index contributed by atoms with van der Waals surface area (Å²) in [4.78, 5) is 16.6. The predicted molar refractivity (Wildman–Crippen MR) is 94.5 cm³/mol. The second-order valence-corrected chi connectivity index (χ2v) is 7.47. The van der Waals surface area contributed by atoms with E-state index in [4.69, 9.17) is 0 Å². The van der Waals surface area contributed by atoms with Crippen LogP contribution in [0, 0.1) is 23.5 Å². The van der Waals surface area contributed by atoms with E-state index in [1.165, 1.54) is 32.0 Å². The third-order valence-corrected chi connectivity index (χ3v) is 5.47. The maximum atomic E-state index is 13.6. The summed E-state index contributed by atoms with van der Waals surface area (Å²) in [6.45, 7) is 7.18. The molecule has 2 aliphatic heterocycles. The normalized spacial score (nSPS) is 20.7. The Morgan fingerprint density at radius 2 is 1.80 bits per heavy atom. The van der Waals surface area contributed by atoms with E-state index in [1.54, 1.807) is 4.90 Å². The molecule has 0 radical (unpaired) electrons. The molecule has 1 aromatic carbocycles. The van der Waals surface area contributed by atoms with Gasteiger partial charge in [0.05, 0.1) is 5.69 Å². The molecule has 6 heteroatoms. The van der Waals surface area contributed by atoms with Gasteiger partial charge in [0.2, 0.25) is 0 Å². The van der Waals surface area contributed by atoms with Gasteiger partial charge in [-0.1, -0.05) is 6.92 Å². The zero-order chi connectivity index (χ0) is 17.8. The Bertz CT molecular complexity index is 594. The zero-order valence-electron chi connectivity index (χ0n) is 14.8. The Hall–Kier alpha value is -1.69. The van der Waals surface area contributed by atoms with Crippen LogP contribution in [0.1, 0.15) is 32.6 Å². The first-order valence-electron chi connectivity index (χ1n) is 9.24. The number of rotatable bonds is 3. The lowest BCUT2D eigenvalue weighted by atomic mass is 9.93. The minimum Gasteiger partial charge on any atom is -0.325 e. The van der Waals surface area contributed by atoms with E-state index in [2.05, 4.69) is 17.1 Å². The highest BCUT2D eigenvalue weighted by Gasteiger charge is 2.26. The standard InChI is InChI=1S/C19H27F2N3O/c1-14-4-8-23(9-5-14)13-15-6-10-24(11-7-15)19(25)22-18-3-2-16(20)12-17(18)21/h2-3,12,14-15H,4-11,13H2,1H3,(H,22,25). The maximum absolute atomic E-state index is 13.6. The molecular formula is C19H27F2N3O. The summed E-state index contributed by atoms with van der Waals surface area (Å²) in [6.07, 6.45) is 4.52. The third-order valence-electron chi connectivity index (χ3n) is 5.47. The van der Waals surface area contributed by atoms with Crippen molar-refractivity contribution in [2.24, 2.45) is 11.8 Å². The number of nitrogens with zero attached hydrogens (tertiary/aromatic N) is 2. The van der Waals surface area contributed by atoms with Gasteiger partial charge in [-0.25, -0.2) is 13.6 Å². The minimum atomic E-state index is -0.748. The van der Waals surface area contributed by atoms with Crippen molar-refractivity contribution >= 4 is 11.7 Å². The summed E-state index contributed by atoms with van der Waals surface area (Å²) < 4.78 is 26.6. The Morgan fingerprint density at radius 1 is 1.12 bits per heavy atom. The molecule has 1 aromatic rings. The number of halogens is 2. The van der Waals surface area contributed by atoms with Crippen LogP contribution >= 0.6 is 0 Å². The van der Waals surface area contributed by atoms with Crippen molar-refractivity contribution in [3.05, 3.63) is 29.8 Å². The molecule has 2 amide bonds. The van der Waals surface area contributed by atoms with Crippen LogP contribution in [0.15, 0.2) is 18.2 Å². The van der Waals surface area contributed by atoms with Crippen molar-refractivity contribution in [1.82, 2.24) is 9.80 Å². The molecule has 0 unspecified atom stereocenters. The summed E-state index contributed by atoms with van der Waals surface area (Å²) in [7, 11) is 0. The highest BCUT2D eigenvalue weighted by Crippen LogP contribution is 2.23. The van der Waals surface area contributed by atoms with Gasteiger partial charge in [-0.15, -0.1) is 0 Å². The summed E-state index contributed by atoms with van der Waals surface area (Å²) in [5.74, 6) is 0.0691. The van der Waals surface area contributed by atoms with Gasteiger partial charge in [-0.2, -0.15) is 0 Å². The number of anilines is 1. The molecule has 0 aromatic heterocycles. The van der Waals surface area contributed by atoms with E-state index in [0.29, 0.717) is 19.0 Å². The van der Waals surface area contributed by atoms with Crippen LogP contribution in [-0.2, 0) is 0 Å². The molecule has 0 spiro atoms. The Balaban J connectivity index is 1.44. The van der Waals surface area contributed by atoms with E-state index < -0.39 is 11.6 Å². The lowest BCUT2D eigenvalue weighted by Crippen LogP contribution is -2.44. The largest absolute Gasteiger partial charge is 0.325 e. The predicted octanol–water partition coefficient (Wildman–Crippen LogP) is 3.94. The molecule has 2 aliphatic rings. The summed E-state index contributed by atoms with van der Waals surface area (Å²) >= 11 is 0. The highest BCUT2D eigenvalue weighted by atomic mass is 19.1. The molecule has 1 N–H and O–H groups in total. The van der Waals surface area contributed by atoms with Crippen LogP contribution in [0.3, 0.4) is 0 Å². The average molecular weight is 351 g/mol. The SMILES string of the molecule is CC1CCN(CC2CCN(C(=O)Nc3ccc(F)cc3F)CC2)CC1. The van der Waals surface area contributed by atoms with Crippen molar-refractivity contribution < 1.29 is 13.6 Å². The van der Waals surface area contributed by atoms with Crippen LogP contribution in [0.25, 0.3) is 0 Å². The second-order valence-electron chi connectivity index (χ2n) is 7.47. The first-order valence-corrected chi connectivity index (χ1v) is 9.24. The summed E-state index contributed by atoms with van der Waals surface area (Å²) in [5, 5.41) is 2.54. The molecule has 0 bridgehead atoms. The maximum Gasteiger partial charge on any atom is 0.321 e. The van der Waals surface area contributed by atoms with Crippen LogP contribution in [0.5, 0.6) is 0 Å². The molecular weight excluding hydrogens is 324 g/mol. The van der Waals surface area contributed by atoms with Gasteiger partial charge >= 0.3 is 6.03 Å². The van der Waals surface area contributed by atoms with Crippen molar-refractivity contribution in [2.45, 2.75) is 32.6 Å². The number of hydrogen-bond acceptors (Lipinski definition) is 2. The molecule has 0 aliphatic carbocycles. The Kier molecular flexibility index (Phi) is 5.89. The van der Waals surface area contributed by atoms with E-state index in [1.807, 2.05) is 0 Å². The molecule has 2 heterocycles. The zero-order valence-corrected chi connectivity index (χ0v) is 14.8. The quantitative estimate of drug-likeness (QED) is 0.895. The number of carbonyl (C=O) groups excluding carboxylic acids is 1. The number of amides is 2. The van der Waals surface area contributed by atoms with Gasteiger partial charge in [0, 0.05) is 25.7 Å².